The molecule has 1 aliphatic rings. The number of fused-ring (bicyclic) bond motifs is 3. The summed E-state index contributed by atoms with van der Waals surface area (Å²) in [6.07, 6.45) is 9.02. The van der Waals surface area contributed by atoms with Crippen molar-refractivity contribution in [1.29, 1.82) is 0 Å². The Hall–Kier alpha value is -2.49. The molecule has 0 saturated heterocycles. The summed E-state index contributed by atoms with van der Waals surface area (Å²) in [4.78, 5) is 18.1. The van der Waals surface area contributed by atoms with Gasteiger partial charge in [-0.2, -0.15) is 0 Å². The van der Waals surface area contributed by atoms with Gasteiger partial charge in [0.15, 0.2) is 0 Å². The Morgan fingerprint density at radius 3 is 2.76 bits per heavy atom. The lowest BCUT2D eigenvalue weighted by molar-refractivity contribution is -0.132. The summed E-state index contributed by atoms with van der Waals surface area (Å²) in [7, 11) is 0. The monoisotopic (exact) mass is 335 g/mol. The van der Waals surface area contributed by atoms with Crippen LogP contribution in [0.4, 0.5) is 0 Å². The summed E-state index contributed by atoms with van der Waals surface area (Å²) in [6.45, 7) is 2.63. The van der Waals surface area contributed by atoms with E-state index in [0.717, 1.165) is 45.3 Å². The molecule has 4 nitrogen and oxygen atoms in total. The van der Waals surface area contributed by atoms with Gasteiger partial charge in [-0.25, -0.2) is 0 Å². The number of hydrogen-bond acceptors (Lipinski definition) is 1. The van der Waals surface area contributed by atoms with Crippen molar-refractivity contribution in [2.75, 3.05) is 6.54 Å². The molecule has 0 spiro atoms. The average Bonchev–Trinajstić information content (AvgIpc) is 3.28. The van der Waals surface area contributed by atoms with Gasteiger partial charge in [0.2, 0.25) is 5.91 Å². The number of benzene rings is 1. The first kappa shape index (κ1) is 16.0. The highest BCUT2D eigenvalue weighted by molar-refractivity contribution is 5.86. The molecule has 0 radical (unpaired) electrons. The fourth-order valence-corrected chi connectivity index (χ4v) is 3.80. The van der Waals surface area contributed by atoms with E-state index in [2.05, 4.69) is 58.3 Å². The predicted molar refractivity (Wildman–Crippen MR) is 100 cm³/mol. The van der Waals surface area contributed by atoms with Crippen molar-refractivity contribution in [3.05, 3.63) is 60.0 Å². The van der Waals surface area contributed by atoms with Crippen molar-refractivity contribution in [3.8, 4) is 0 Å². The van der Waals surface area contributed by atoms with Gasteiger partial charge in [-0.05, 0) is 31.0 Å². The number of nitrogens with one attached hydrogen (secondary N) is 1. The van der Waals surface area contributed by atoms with Crippen molar-refractivity contribution in [1.82, 2.24) is 14.5 Å². The number of aromatic amines is 1. The van der Waals surface area contributed by atoms with Crippen molar-refractivity contribution < 1.29 is 4.79 Å². The van der Waals surface area contributed by atoms with Gasteiger partial charge in [0.1, 0.15) is 0 Å². The SMILES string of the molecule is O=C(CCCCCn1cccc1)N1CCc2[nH]c3ccccc3c2C1. The van der Waals surface area contributed by atoms with Gasteiger partial charge in [-0.3, -0.25) is 4.79 Å². The normalized spacial score (nSPS) is 14.0. The number of rotatable bonds is 6. The first-order valence-corrected chi connectivity index (χ1v) is 9.28. The maximum absolute atomic E-state index is 12.6. The molecule has 1 amide bonds. The molecule has 0 aliphatic carbocycles. The standard InChI is InChI=1S/C21H25N3O/c25-21(10-2-1-5-12-23-13-6-7-14-23)24-15-11-20-18(16-24)17-8-3-4-9-19(17)22-20/h3-4,6-9,13-14,22H,1-2,5,10-12,15-16H2. The number of H-pyrrole nitrogens is 1. The molecule has 1 aliphatic heterocycles. The van der Waals surface area contributed by atoms with Crippen LogP contribution in [0.3, 0.4) is 0 Å². The van der Waals surface area contributed by atoms with Crippen molar-refractivity contribution in [2.24, 2.45) is 0 Å². The number of nitrogens with zero attached hydrogens (tertiary/aromatic N) is 2. The number of carbonyl (C=O) groups is 1. The minimum absolute atomic E-state index is 0.303. The Labute approximate surface area is 148 Å². The van der Waals surface area contributed by atoms with E-state index in [1.165, 1.54) is 22.2 Å². The van der Waals surface area contributed by atoms with Crippen LogP contribution in [0.1, 0.15) is 36.9 Å². The summed E-state index contributed by atoms with van der Waals surface area (Å²) < 4.78 is 2.20. The topological polar surface area (TPSA) is 41.0 Å². The molecule has 130 valence electrons. The molecule has 0 bridgehead atoms. The molecule has 0 atom stereocenters. The van der Waals surface area contributed by atoms with Gasteiger partial charge in [-0.15, -0.1) is 0 Å². The Bertz CT molecular complexity index is 847. The van der Waals surface area contributed by atoms with Crippen LogP contribution in [0, 0.1) is 0 Å². The zero-order valence-corrected chi connectivity index (χ0v) is 14.6. The van der Waals surface area contributed by atoms with Crippen LogP contribution in [-0.4, -0.2) is 26.9 Å². The summed E-state index contributed by atoms with van der Waals surface area (Å²) in [5.41, 5.74) is 3.80. The zero-order valence-electron chi connectivity index (χ0n) is 14.6. The van der Waals surface area contributed by atoms with Gasteiger partial charge < -0.3 is 14.5 Å². The lowest BCUT2D eigenvalue weighted by Crippen LogP contribution is -2.35. The highest BCUT2D eigenvalue weighted by Crippen LogP contribution is 2.27. The van der Waals surface area contributed by atoms with Crippen LogP contribution in [0.2, 0.25) is 0 Å². The Balaban J connectivity index is 1.28. The van der Waals surface area contributed by atoms with E-state index in [4.69, 9.17) is 0 Å². The van der Waals surface area contributed by atoms with Crippen LogP contribution in [-0.2, 0) is 24.3 Å². The average molecular weight is 335 g/mol. The van der Waals surface area contributed by atoms with Crippen molar-refractivity contribution in [3.63, 3.8) is 0 Å². The summed E-state index contributed by atoms with van der Waals surface area (Å²) in [5.74, 6) is 0.303. The first-order valence-electron chi connectivity index (χ1n) is 9.28. The lowest BCUT2D eigenvalue weighted by Gasteiger charge is -2.27. The van der Waals surface area contributed by atoms with E-state index in [1.54, 1.807) is 0 Å². The second-order valence-electron chi connectivity index (χ2n) is 6.92. The number of aromatic nitrogens is 2. The maximum atomic E-state index is 12.6. The van der Waals surface area contributed by atoms with Gasteiger partial charge in [0, 0.05) is 67.0 Å². The van der Waals surface area contributed by atoms with E-state index in [-0.39, 0.29) is 0 Å². The van der Waals surface area contributed by atoms with Crippen LogP contribution in [0.5, 0.6) is 0 Å². The number of amides is 1. The molecule has 1 aromatic carbocycles. The van der Waals surface area contributed by atoms with Crippen LogP contribution >= 0.6 is 0 Å². The first-order chi connectivity index (χ1) is 12.3. The largest absolute Gasteiger partial charge is 0.358 e. The fourth-order valence-electron chi connectivity index (χ4n) is 3.80. The molecular weight excluding hydrogens is 310 g/mol. The molecule has 0 saturated carbocycles. The third-order valence-corrected chi connectivity index (χ3v) is 5.21. The molecule has 0 fully saturated rings. The molecule has 3 heterocycles. The molecule has 4 heteroatoms. The minimum atomic E-state index is 0.303. The highest BCUT2D eigenvalue weighted by atomic mass is 16.2. The van der Waals surface area contributed by atoms with Gasteiger partial charge in [-0.1, -0.05) is 24.6 Å². The fraction of sp³-hybridized carbons (Fsp3) is 0.381. The van der Waals surface area contributed by atoms with E-state index in [9.17, 15) is 4.79 Å². The van der Waals surface area contributed by atoms with E-state index >= 15 is 0 Å². The molecular formula is C21H25N3O. The second kappa shape index (κ2) is 7.18. The van der Waals surface area contributed by atoms with Gasteiger partial charge in [0.25, 0.3) is 0 Å². The Morgan fingerprint density at radius 2 is 1.88 bits per heavy atom. The summed E-state index contributed by atoms with van der Waals surface area (Å²) >= 11 is 0. The number of hydrogen-bond donors (Lipinski definition) is 1. The van der Waals surface area contributed by atoms with E-state index < -0.39 is 0 Å². The maximum Gasteiger partial charge on any atom is 0.222 e. The van der Waals surface area contributed by atoms with E-state index in [0.29, 0.717) is 12.3 Å². The lowest BCUT2D eigenvalue weighted by atomic mass is 10.0. The molecule has 25 heavy (non-hydrogen) atoms. The molecule has 1 N–H and O–H groups in total. The van der Waals surface area contributed by atoms with Gasteiger partial charge in [0.05, 0.1) is 0 Å². The molecule has 3 aromatic rings. The summed E-state index contributed by atoms with van der Waals surface area (Å²) in [6, 6.07) is 12.5. The Kier molecular flexibility index (Phi) is 4.59. The third kappa shape index (κ3) is 3.48. The van der Waals surface area contributed by atoms with Gasteiger partial charge >= 0.3 is 0 Å². The molecule has 0 unspecified atom stereocenters. The van der Waals surface area contributed by atoms with Crippen LogP contribution in [0.25, 0.3) is 10.9 Å². The quantitative estimate of drug-likeness (QED) is 0.677. The number of aryl methyl sites for hydroxylation is 1. The molecule has 2 aromatic heterocycles. The van der Waals surface area contributed by atoms with Crippen LogP contribution < -0.4 is 0 Å². The van der Waals surface area contributed by atoms with Crippen molar-refractivity contribution >= 4 is 16.8 Å². The molecule has 4 rings (SSSR count). The number of carbonyl (C=O) groups excluding carboxylic acids is 1. The summed E-state index contributed by atoms with van der Waals surface area (Å²) in [5, 5.41) is 1.27. The minimum Gasteiger partial charge on any atom is -0.358 e. The van der Waals surface area contributed by atoms with E-state index in [1.807, 2.05) is 4.90 Å². The third-order valence-electron chi connectivity index (χ3n) is 5.21. The zero-order chi connectivity index (χ0) is 17.1. The second-order valence-corrected chi connectivity index (χ2v) is 6.92. The smallest absolute Gasteiger partial charge is 0.222 e. The Morgan fingerprint density at radius 1 is 1.04 bits per heavy atom. The van der Waals surface area contributed by atoms with Crippen LogP contribution in [0.15, 0.2) is 48.8 Å². The number of para-hydroxylation sites is 1. The highest BCUT2D eigenvalue weighted by Gasteiger charge is 2.23. The number of unbranched alkanes of at least 4 members (excludes halogenated alkanes) is 2. The van der Waals surface area contributed by atoms with Crippen molar-refractivity contribution in [2.45, 2.75) is 45.2 Å². The predicted octanol–water partition coefficient (Wildman–Crippen LogP) is 4.11.